The van der Waals surface area contributed by atoms with Crippen LogP contribution in [0.2, 0.25) is 0 Å². The number of nitrogens with zero attached hydrogens (tertiary/aromatic N) is 2. The summed E-state index contributed by atoms with van der Waals surface area (Å²) in [4.78, 5) is 14.1. The Balaban J connectivity index is 1.78. The third-order valence-electron chi connectivity index (χ3n) is 3.69. The maximum absolute atomic E-state index is 12.9. The van der Waals surface area contributed by atoms with Crippen molar-refractivity contribution in [2.24, 2.45) is 5.73 Å². The van der Waals surface area contributed by atoms with Crippen LogP contribution < -0.4 is 5.73 Å². The van der Waals surface area contributed by atoms with Gasteiger partial charge >= 0.3 is 0 Å². The number of hydrogen-bond donors (Lipinski definition) is 2. The molecule has 2 aromatic rings. The summed E-state index contributed by atoms with van der Waals surface area (Å²) in [6, 6.07) is 7.75. The molecule has 6 heteroatoms. The van der Waals surface area contributed by atoms with Gasteiger partial charge in [-0.1, -0.05) is 0 Å². The smallest absolute Gasteiger partial charge is 0.271 e. The number of aromatic nitrogens is 2. The summed E-state index contributed by atoms with van der Waals surface area (Å²) in [5.41, 5.74) is 7.72. The van der Waals surface area contributed by atoms with Gasteiger partial charge in [0.2, 0.25) is 0 Å². The lowest BCUT2D eigenvalue weighted by molar-refractivity contribution is 0.0703. The SMILES string of the molecule is N[C@@H]1CCCN(C(=O)c2cc(-c3ccc(F)cc3)n[nH]2)C1. The molecule has 0 spiro atoms. The number of aromatic amines is 1. The van der Waals surface area contributed by atoms with Crippen LogP contribution in [0.25, 0.3) is 11.3 Å². The fraction of sp³-hybridized carbons (Fsp3) is 0.333. The average Bonchev–Trinajstić information content (AvgIpc) is 2.97. The Morgan fingerprint density at radius 2 is 2.14 bits per heavy atom. The number of carbonyl (C=O) groups excluding carboxylic acids is 1. The van der Waals surface area contributed by atoms with E-state index in [0.29, 0.717) is 17.9 Å². The second kappa shape index (κ2) is 5.65. The lowest BCUT2D eigenvalue weighted by Crippen LogP contribution is -2.45. The van der Waals surface area contributed by atoms with E-state index in [9.17, 15) is 9.18 Å². The number of halogens is 1. The zero-order chi connectivity index (χ0) is 14.8. The highest BCUT2D eigenvalue weighted by Gasteiger charge is 2.23. The first-order valence-corrected chi connectivity index (χ1v) is 6.99. The van der Waals surface area contributed by atoms with Crippen LogP contribution >= 0.6 is 0 Å². The zero-order valence-corrected chi connectivity index (χ0v) is 11.6. The summed E-state index contributed by atoms with van der Waals surface area (Å²) in [7, 11) is 0. The lowest BCUT2D eigenvalue weighted by atomic mass is 10.1. The highest BCUT2D eigenvalue weighted by atomic mass is 19.1. The Hall–Kier alpha value is -2.21. The molecule has 1 amide bonds. The van der Waals surface area contributed by atoms with E-state index < -0.39 is 0 Å². The number of nitrogens with two attached hydrogens (primary N) is 1. The summed E-state index contributed by atoms with van der Waals surface area (Å²) < 4.78 is 12.9. The van der Waals surface area contributed by atoms with Crippen molar-refractivity contribution >= 4 is 5.91 Å². The molecule has 110 valence electrons. The van der Waals surface area contributed by atoms with E-state index in [2.05, 4.69) is 10.2 Å². The van der Waals surface area contributed by atoms with Gasteiger partial charge in [0.1, 0.15) is 11.5 Å². The minimum Gasteiger partial charge on any atom is -0.336 e. The minimum absolute atomic E-state index is 0.0437. The molecular weight excluding hydrogens is 271 g/mol. The first-order valence-electron chi connectivity index (χ1n) is 6.99. The van der Waals surface area contributed by atoms with Crippen LogP contribution in [-0.4, -0.2) is 40.1 Å². The maximum atomic E-state index is 12.9. The minimum atomic E-state index is -0.298. The highest BCUT2D eigenvalue weighted by molar-refractivity contribution is 5.93. The standard InChI is InChI=1S/C15H17FN4O/c16-11-5-3-10(4-6-11)13-8-14(19-18-13)15(21)20-7-1-2-12(17)9-20/h3-6,8,12H,1-2,7,9,17H2,(H,18,19)/t12-/m1/s1. The second-order valence-corrected chi connectivity index (χ2v) is 5.33. The number of hydrogen-bond acceptors (Lipinski definition) is 3. The summed E-state index contributed by atoms with van der Waals surface area (Å²) in [6.07, 6.45) is 1.87. The molecule has 1 saturated heterocycles. The van der Waals surface area contributed by atoms with E-state index in [1.54, 1.807) is 23.1 Å². The van der Waals surface area contributed by atoms with Gasteiger partial charge in [-0.3, -0.25) is 9.89 Å². The van der Waals surface area contributed by atoms with Gasteiger partial charge in [-0.05, 0) is 43.2 Å². The molecule has 1 fully saturated rings. The summed E-state index contributed by atoms with van der Waals surface area (Å²) in [5, 5.41) is 6.88. The number of rotatable bonds is 2. The van der Waals surface area contributed by atoms with E-state index in [1.165, 1.54) is 12.1 Å². The largest absolute Gasteiger partial charge is 0.336 e. The Bertz CT molecular complexity index is 637. The van der Waals surface area contributed by atoms with E-state index in [-0.39, 0.29) is 17.8 Å². The number of benzene rings is 1. The van der Waals surface area contributed by atoms with E-state index in [0.717, 1.165) is 24.9 Å². The first kappa shape index (κ1) is 13.8. The summed E-state index contributed by atoms with van der Waals surface area (Å²) in [5.74, 6) is -0.390. The predicted molar refractivity (Wildman–Crippen MR) is 77.1 cm³/mol. The number of nitrogens with one attached hydrogen (secondary N) is 1. The molecular formula is C15H17FN4O. The third kappa shape index (κ3) is 2.95. The van der Waals surface area contributed by atoms with Crippen molar-refractivity contribution in [3.8, 4) is 11.3 Å². The Labute approximate surface area is 121 Å². The molecule has 1 atom stereocenters. The normalized spacial score (nSPS) is 18.8. The van der Waals surface area contributed by atoms with Crippen LogP contribution in [0.3, 0.4) is 0 Å². The number of amides is 1. The predicted octanol–water partition coefficient (Wildman–Crippen LogP) is 1.78. The molecule has 1 aliphatic rings. The van der Waals surface area contributed by atoms with Crippen molar-refractivity contribution < 1.29 is 9.18 Å². The molecule has 1 aromatic heterocycles. The maximum Gasteiger partial charge on any atom is 0.271 e. The molecule has 0 saturated carbocycles. The highest BCUT2D eigenvalue weighted by Crippen LogP contribution is 2.19. The Kier molecular flexibility index (Phi) is 3.70. The Morgan fingerprint density at radius 3 is 2.86 bits per heavy atom. The first-order chi connectivity index (χ1) is 10.1. The quantitative estimate of drug-likeness (QED) is 0.884. The molecule has 5 nitrogen and oxygen atoms in total. The molecule has 0 bridgehead atoms. The number of likely N-dealkylation sites (tertiary alicyclic amines) is 1. The Morgan fingerprint density at radius 1 is 1.38 bits per heavy atom. The summed E-state index contributed by atoms with van der Waals surface area (Å²) >= 11 is 0. The van der Waals surface area contributed by atoms with E-state index >= 15 is 0 Å². The van der Waals surface area contributed by atoms with E-state index in [4.69, 9.17) is 5.73 Å². The number of H-pyrrole nitrogens is 1. The molecule has 1 aliphatic heterocycles. The van der Waals surface area contributed by atoms with Gasteiger partial charge in [0.15, 0.2) is 0 Å². The van der Waals surface area contributed by atoms with Crippen molar-refractivity contribution in [1.82, 2.24) is 15.1 Å². The second-order valence-electron chi connectivity index (χ2n) is 5.33. The van der Waals surface area contributed by atoms with Crippen molar-refractivity contribution in [2.45, 2.75) is 18.9 Å². The van der Waals surface area contributed by atoms with Crippen LogP contribution in [-0.2, 0) is 0 Å². The fourth-order valence-corrected chi connectivity index (χ4v) is 2.56. The molecule has 0 aliphatic carbocycles. The van der Waals surface area contributed by atoms with Crippen LogP contribution in [0.5, 0.6) is 0 Å². The molecule has 21 heavy (non-hydrogen) atoms. The molecule has 0 radical (unpaired) electrons. The fourth-order valence-electron chi connectivity index (χ4n) is 2.56. The van der Waals surface area contributed by atoms with Crippen molar-refractivity contribution in [1.29, 1.82) is 0 Å². The van der Waals surface area contributed by atoms with Gasteiger partial charge in [-0.15, -0.1) is 0 Å². The average molecular weight is 288 g/mol. The van der Waals surface area contributed by atoms with Crippen molar-refractivity contribution in [3.05, 3.63) is 41.8 Å². The van der Waals surface area contributed by atoms with Gasteiger partial charge < -0.3 is 10.6 Å². The lowest BCUT2D eigenvalue weighted by Gasteiger charge is -2.30. The van der Waals surface area contributed by atoms with Crippen molar-refractivity contribution in [2.75, 3.05) is 13.1 Å². The molecule has 1 aromatic carbocycles. The van der Waals surface area contributed by atoms with Crippen molar-refractivity contribution in [3.63, 3.8) is 0 Å². The van der Waals surface area contributed by atoms with E-state index in [1.807, 2.05) is 0 Å². The van der Waals surface area contributed by atoms with Gasteiger partial charge in [-0.25, -0.2) is 4.39 Å². The van der Waals surface area contributed by atoms with Gasteiger partial charge in [0.25, 0.3) is 5.91 Å². The topological polar surface area (TPSA) is 75.0 Å². The van der Waals surface area contributed by atoms with Gasteiger partial charge in [0.05, 0.1) is 5.69 Å². The third-order valence-corrected chi connectivity index (χ3v) is 3.69. The molecule has 2 heterocycles. The molecule has 3 rings (SSSR count). The van der Waals surface area contributed by atoms with Gasteiger partial charge in [0, 0.05) is 24.7 Å². The monoisotopic (exact) mass is 288 g/mol. The van der Waals surface area contributed by atoms with Crippen LogP contribution in [0.1, 0.15) is 23.3 Å². The van der Waals surface area contributed by atoms with Crippen LogP contribution in [0.4, 0.5) is 4.39 Å². The number of piperidine rings is 1. The molecule has 0 unspecified atom stereocenters. The summed E-state index contributed by atoms with van der Waals surface area (Å²) in [6.45, 7) is 1.29. The zero-order valence-electron chi connectivity index (χ0n) is 11.6. The van der Waals surface area contributed by atoms with Crippen LogP contribution in [0.15, 0.2) is 30.3 Å². The molecule has 3 N–H and O–H groups in total. The van der Waals surface area contributed by atoms with Crippen LogP contribution in [0, 0.1) is 5.82 Å². The number of carbonyl (C=O) groups is 1. The van der Waals surface area contributed by atoms with Gasteiger partial charge in [-0.2, -0.15) is 5.10 Å².